The fraction of sp³-hybridized carbons (Fsp3) is 0.405. The first-order chi connectivity index (χ1) is 53.4. The van der Waals surface area contributed by atoms with Gasteiger partial charge in [0.15, 0.2) is 29.9 Å². The number of hydrogen-bond acceptors (Lipinski definition) is 27. The van der Waals surface area contributed by atoms with Crippen LogP contribution in [0, 0.1) is 5.92 Å². The number of aromatic hydroxyl groups is 3. The van der Waals surface area contributed by atoms with Crippen molar-refractivity contribution in [3.8, 4) is 57.1 Å². The number of primary amides is 1. The van der Waals surface area contributed by atoms with Crippen LogP contribution in [0.2, 0.25) is 10.0 Å². The molecule has 7 heterocycles. The van der Waals surface area contributed by atoms with Gasteiger partial charge in [0.2, 0.25) is 53.4 Å². The van der Waals surface area contributed by atoms with Gasteiger partial charge in [-0.2, -0.15) is 0 Å². The Balaban J connectivity index is 1.22. The molecule has 12 rings (SSSR count). The van der Waals surface area contributed by atoms with E-state index in [0.29, 0.717) is 0 Å². The molecule has 0 aromatic heterocycles. The van der Waals surface area contributed by atoms with Crippen molar-refractivity contribution >= 4 is 82.7 Å². The van der Waals surface area contributed by atoms with Gasteiger partial charge in [-0.15, -0.1) is 0 Å². The number of nitrogens with two attached hydrogens (primary N) is 1. The third-order valence-electron chi connectivity index (χ3n) is 19.2. The first-order valence-corrected chi connectivity index (χ1v) is 35.8. The van der Waals surface area contributed by atoms with Crippen LogP contribution >= 0.6 is 23.2 Å². The number of carboxylic acid groups (broad SMARTS) is 1. The number of fused-ring (bicyclic) bond motifs is 15. The number of likely N-dealkylation sites (N-methyl/N-ethyl adjacent to an activating group) is 1. The van der Waals surface area contributed by atoms with Gasteiger partial charge in [-0.1, -0.05) is 80.6 Å². The number of rotatable bonds is 18. The number of nitrogens with zero attached hydrogens (tertiary/aromatic N) is 1. The van der Waals surface area contributed by atoms with Crippen molar-refractivity contribution in [3.05, 3.63) is 142 Å². The van der Waals surface area contributed by atoms with Crippen LogP contribution in [-0.4, -0.2) is 221 Å². The highest BCUT2D eigenvalue weighted by Gasteiger charge is 2.53. The third-order valence-corrected chi connectivity index (χ3v) is 19.7. The fourth-order valence-electron chi connectivity index (χ4n) is 13.4. The van der Waals surface area contributed by atoms with E-state index < -0.39 is 272 Å². The zero-order chi connectivity index (χ0) is 82.5. The zero-order valence-electron chi connectivity index (χ0n) is 60.8. The number of aliphatic hydroxyl groups excluding tert-OH is 6. The third kappa shape index (κ3) is 18.7. The summed E-state index contributed by atoms with van der Waals surface area (Å²) in [6.45, 7) is 11.7. The Kier molecular flexibility index (Phi) is 26.3. The van der Waals surface area contributed by atoms with Gasteiger partial charge in [-0.3, -0.25) is 38.5 Å². The molecule has 0 saturated carbocycles. The Morgan fingerprint density at radius 1 is 0.717 bits per heavy atom. The molecule has 39 heteroatoms. The molecule has 18 atom stereocenters. The molecule has 2 fully saturated rings. The molecule has 5 aromatic carbocycles. The molecular weight excluding hydrogens is 1530 g/mol. The Morgan fingerprint density at radius 2 is 1.32 bits per heavy atom. The second-order valence-electron chi connectivity index (χ2n) is 27.8. The van der Waals surface area contributed by atoms with Crippen LogP contribution in [0.15, 0.2) is 104 Å². The second kappa shape index (κ2) is 35.3. The Hall–Kier alpha value is -11.1. The summed E-state index contributed by atoms with van der Waals surface area (Å²) in [6, 6.07) is -2.25. The largest absolute Gasteiger partial charge is 0.508 e. The lowest BCUT2D eigenvalue weighted by Crippen LogP contribution is -2.66. The Labute approximate surface area is 652 Å². The highest BCUT2D eigenvalue weighted by atomic mass is 35.5. The molecule has 11 bridgehead atoms. The first kappa shape index (κ1) is 84.4. The molecule has 11 unspecified atom stereocenters. The van der Waals surface area contributed by atoms with E-state index in [2.05, 4.69) is 50.4 Å². The molecule has 2 saturated heterocycles. The van der Waals surface area contributed by atoms with Gasteiger partial charge in [0.1, 0.15) is 115 Å². The Bertz CT molecular complexity index is 4550. The summed E-state index contributed by atoms with van der Waals surface area (Å²) in [5.74, 6) is -17.4. The quantitative estimate of drug-likeness (QED) is 0.0558. The number of carbonyl (C=O) groups excluding carboxylic acids is 9. The van der Waals surface area contributed by atoms with Crippen molar-refractivity contribution < 1.29 is 137 Å². The van der Waals surface area contributed by atoms with Crippen molar-refractivity contribution in [2.45, 2.75) is 156 Å². The number of alkyl carbamates (subject to hydrolysis) is 1. The number of aliphatic carboxylic acids is 1. The molecule has 37 nitrogen and oxygen atoms in total. The number of ether oxygens (including phenoxy) is 8. The van der Waals surface area contributed by atoms with Crippen LogP contribution in [-0.2, 0) is 62.0 Å². The zero-order valence-corrected chi connectivity index (χ0v) is 62.3. The minimum Gasteiger partial charge on any atom is -0.508 e. The van der Waals surface area contributed by atoms with Crippen molar-refractivity contribution in [1.29, 1.82) is 0 Å². The number of hydrogen-bond donors (Lipinski definition) is 18. The molecule has 7 aliphatic rings. The normalized spacial score (nSPS) is 27.3. The predicted octanol–water partition coefficient (Wildman–Crippen LogP) is 2.09. The maximum Gasteiger partial charge on any atom is 0.410 e. The van der Waals surface area contributed by atoms with E-state index in [1.165, 1.54) is 33.0 Å². The van der Waals surface area contributed by atoms with Gasteiger partial charge >= 0.3 is 18.2 Å². The minimum absolute atomic E-state index is 0.0931. The topological polar surface area (TPSA) is 560 Å². The summed E-state index contributed by atoms with van der Waals surface area (Å²) in [4.78, 5) is 146. The lowest BCUT2D eigenvalue weighted by molar-refractivity contribution is -0.334. The van der Waals surface area contributed by atoms with Crippen LogP contribution in [0.5, 0.6) is 46.0 Å². The monoisotopic (exact) mass is 1620 g/mol. The number of amides is 9. The van der Waals surface area contributed by atoms with Crippen molar-refractivity contribution in [2.75, 3.05) is 26.9 Å². The van der Waals surface area contributed by atoms with Crippen LogP contribution < -0.4 is 57.2 Å². The van der Waals surface area contributed by atoms with Gasteiger partial charge in [0.05, 0.1) is 34.7 Å². The molecule has 113 heavy (non-hydrogen) atoms. The van der Waals surface area contributed by atoms with Crippen LogP contribution in [0.25, 0.3) is 11.1 Å². The van der Waals surface area contributed by atoms with E-state index in [1.807, 2.05) is 0 Å². The molecule has 0 spiro atoms. The summed E-state index contributed by atoms with van der Waals surface area (Å²) in [6.07, 6.45) is -20.0. The summed E-state index contributed by atoms with van der Waals surface area (Å²) >= 11 is 14.2. The standard InChI is InChI=1S/C74H83Cl2N9O28/c1-8-16-106-72(104)84-74(6)27-50(108-30(5)63(74)95)112-62-60(94)59(93)48(28-86)111-71(62)113-61-46-22-34-23-47(61)110-45-15-12-33(21-39(45)76)58(92)56-69(101)81-54(70(102)103)37-24-35(87)25-43(89)51(37)36-19-31(10-13-42(36)88)52(66(98)83-56)80-67(99)53(34)79-64(96)40(26-49(77)90)78-68(100)55(57(91)32-11-14-44(109-46)38(75)20-32)82-65(97)41(18-29(3)4)85(7)73(105)107-17-9-2/h8-15,19-25,29-30,40-41,48,50,52-60,62-63,71,86-89,91-95H,1-2,16-18,26-28H2,3-7H3,(H2,77,90)(H,78,100)(H,79,96)(H,80,99)(H,81,101)(H,82,97)(H,83,98)(H,84,104)(H,102,103)/t30?,40-,41+,48?,50?,52?,53?,54-,55+,56-,57+,58+,59?,60?,62?,63?,71?,74?/m0/s1. The predicted molar refractivity (Wildman–Crippen MR) is 390 cm³/mol. The molecule has 5 aromatic rings. The number of nitrogens with one attached hydrogen (secondary N) is 7. The summed E-state index contributed by atoms with van der Waals surface area (Å²) in [7, 11) is 1.22. The van der Waals surface area contributed by atoms with Gasteiger partial charge in [0.25, 0.3) is 0 Å². The van der Waals surface area contributed by atoms with Gasteiger partial charge in [0, 0.05) is 36.2 Å². The number of phenolic OH excluding ortho intramolecular Hbond substituents is 3. The number of phenols is 3. The van der Waals surface area contributed by atoms with Gasteiger partial charge in [-0.25, -0.2) is 14.4 Å². The van der Waals surface area contributed by atoms with E-state index in [1.54, 1.807) is 13.8 Å². The Morgan fingerprint density at radius 3 is 1.92 bits per heavy atom. The first-order valence-electron chi connectivity index (χ1n) is 35.0. The maximum atomic E-state index is 16.2. The van der Waals surface area contributed by atoms with E-state index in [-0.39, 0.29) is 36.7 Å². The average Bonchev–Trinajstić information content (AvgIpc) is 0.774. The maximum absolute atomic E-state index is 16.2. The van der Waals surface area contributed by atoms with Crippen molar-refractivity contribution in [1.82, 2.24) is 42.1 Å². The lowest BCUT2D eigenvalue weighted by Gasteiger charge is -2.48. The minimum atomic E-state index is -2.44. The molecule has 7 aliphatic heterocycles. The molecule has 9 amide bonds. The van der Waals surface area contributed by atoms with E-state index >= 15 is 19.2 Å². The van der Waals surface area contributed by atoms with Crippen LogP contribution in [0.3, 0.4) is 0 Å². The highest BCUT2D eigenvalue weighted by Crippen LogP contribution is 2.50. The molecule has 606 valence electrons. The number of halogens is 2. The number of carboxylic acids is 1. The molecule has 0 aliphatic carbocycles. The van der Waals surface area contributed by atoms with E-state index in [9.17, 15) is 79.8 Å². The van der Waals surface area contributed by atoms with Gasteiger partial charge < -0.3 is 132 Å². The summed E-state index contributed by atoms with van der Waals surface area (Å²) < 4.78 is 49.0. The number of benzene rings is 5. The smallest absolute Gasteiger partial charge is 0.410 e. The number of aliphatic hydroxyl groups is 6. The van der Waals surface area contributed by atoms with Crippen molar-refractivity contribution in [2.24, 2.45) is 11.7 Å². The lowest BCUT2D eigenvalue weighted by atomic mass is 9.85. The average molecular weight is 1620 g/mol. The van der Waals surface area contributed by atoms with E-state index in [4.69, 9.17) is 66.8 Å². The van der Waals surface area contributed by atoms with Crippen LogP contribution in [0.4, 0.5) is 9.59 Å². The van der Waals surface area contributed by atoms with Gasteiger partial charge in [-0.05, 0) is 103 Å². The molecular formula is C74H83Cl2N9O28. The number of carbonyl (C=O) groups is 10. The summed E-state index contributed by atoms with van der Waals surface area (Å²) in [5.41, 5.74) is 0.929. The SMILES string of the molecule is C=CCOC(=O)NC1(C)CC(OC2C(Oc3c4cc5cc3Oc3ccc(cc3Cl)[C@@H](O)[C@@H](NC(=O)[C@@H](CC(C)C)N(C)C(=O)OCC=C)C(=O)N[C@@H](CC(N)=O)C(=O)NC5C(=O)NC3C(=O)N[C@H](C(=O)N[C@H](C(=O)O)c5cc(O)cc(O)c5-c5cc3ccc5O)[C@H](O)c3ccc(c(Cl)c3)O4)OC(CO)C(O)C2O)OC(C)C1O. The van der Waals surface area contributed by atoms with Crippen LogP contribution in [0.1, 0.15) is 105 Å². The van der Waals surface area contributed by atoms with Crippen molar-refractivity contribution in [3.63, 3.8) is 0 Å². The fourth-order valence-corrected chi connectivity index (χ4v) is 13.9. The second-order valence-corrected chi connectivity index (χ2v) is 28.6. The molecule has 0 radical (unpaired) electrons. The summed E-state index contributed by atoms with van der Waals surface area (Å²) in [5, 5.41) is 132. The van der Waals surface area contributed by atoms with E-state index in [0.717, 1.165) is 83.8 Å². The highest BCUT2D eigenvalue weighted by molar-refractivity contribution is 6.32. The molecule has 19 N–H and O–H groups in total.